The number of anilines is 4. The normalized spacial score (nSPS) is 15.6. The molecular weight excluding hydrogens is 482 g/mol. The molecule has 5 rings (SSSR count). The highest BCUT2D eigenvalue weighted by Gasteiger charge is 2.25. The van der Waals surface area contributed by atoms with E-state index >= 15 is 0 Å². The molecule has 11 nitrogen and oxygen atoms in total. The zero-order valence-electron chi connectivity index (χ0n) is 21.3. The van der Waals surface area contributed by atoms with Gasteiger partial charge in [0.1, 0.15) is 23.4 Å². The minimum atomic E-state index is -0.291. The molecule has 0 bridgehead atoms. The second kappa shape index (κ2) is 11.7. The summed E-state index contributed by atoms with van der Waals surface area (Å²) < 4.78 is 4.87. The number of nitrogens with zero attached hydrogens (tertiary/aromatic N) is 6. The molecule has 4 heterocycles. The van der Waals surface area contributed by atoms with Crippen molar-refractivity contribution < 1.29 is 9.53 Å². The van der Waals surface area contributed by atoms with Crippen molar-refractivity contribution in [2.24, 2.45) is 0 Å². The third-order valence-electron chi connectivity index (χ3n) is 6.05. The highest BCUT2D eigenvalue weighted by atomic mass is 16.5. The van der Waals surface area contributed by atoms with Gasteiger partial charge in [-0.05, 0) is 48.9 Å². The van der Waals surface area contributed by atoms with Crippen LogP contribution in [0.25, 0.3) is 11.5 Å². The van der Waals surface area contributed by atoms with Crippen LogP contribution in [0.2, 0.25) is 0 Å². The summed E-state index contributed by atoms with van der Waals surface area (Å²) in [6.07, 6.45) is 3.37. The van der Waals surface area contributed by atoms with Gasteiger partial charge < -0.3 is 20.7 Å². The molecule has 194 valence electrons. The topological polar surface area (TPSA) is 130 Å². The minimum absolute atomic E-state index is 0.227. The van der Waals surface area contributed by atoms with Gasteiger partial charge >= 0.3 is 5.97 Å². The number of aryl methyl sites for hydroxylation is 1. The quantitative estimate of drug-likeness (QED) is 0.302. The van der Waals surface area contributed by atoms with Gasteiger partial charge in [-0.15, -0.1) is 0 Å². The van der Waals surface area contributed by atoms with Crippen molar-refractivity contribution in [2.45, 2.75) is 19.5 Å². The Morgan fingerprint density at radius 3 is 2.58 bits per heavy atom. The van der Waals surface area contributed by atoms with Crippen LogP contribution in [0.15, 0.2) is 67.0 Å². The number of hydrogen-bond acceptors (Lipinski definition) is 11. The molecule has 3 aromatic heterocycles. The number of nitrogens with one attached hydrogen (secondary N) is 3. The van der Waals surface area contributed by atoms with Gasteiger partial charge in [0.2, 0.25) is 5.95 Å². The molecule has 1 atom stereocenters. The van der Waals surface area contributed by atoms with Gasteiger partial charge in [0.15, 0.2) is 5.82 Å². The second-order valence-electron chi connectivity index (χ2n) is 8.91. The Morgan fingerprint density at radius 1 is 1.00 bits per heavy atom. The molecule has 0 amide bonds. The first kappa shape index (κ1) is 25.2. The fraction of sp³-hybridized carbons (Fsp3) is 0.259. The minimum Gasteiger partial charge on any atom is -0.468 e. The predicted molar refractivity (Wildman–Crippen MR) is 144 cm³/mol. The molecule has 1 aromatic carbocycles. The van der Waals surface area contributed by atoms with Gasteiger partial charge in [-0.3, -0.25) is 9.69 Å². The smallest absolute Gasteiger partial charge is 0.324 e. The number of carbonyl (C=O) groups is 1. The zero-order chi connectivity index (χ0) is 26.3. The van der Waals surface area contributed by atoms with Crippen molar-refractivity contribution >= 4 is 29.2 Å². The van der Waals surface area contributed by atoms with E-state index in [4.69, 9.17) is 4.74 Å². The third kappa shape index (κ3) is 6.44. The van der Waals surface area contributed by atoms with Crippen LogP contribution in [0.5, 0.6) is 0 Å². The maximum absolute atomic E-state index is 11.8. The number of benzene rings is 1. The molecule has 1 fully saturated rings. The fourth-order valence-corrected chi connectivity index (χ4v) is 4.17. The molecule has 0 radical (unpaired) electrons. The zero-order valence-corrected chi connectivity index (χ0v) is 21.3. The van der Waals surface area contributed by atoms with Crippen LogP contribution in [-0.2, 0) is 16.1 Å². The Bertz CT molecular complexity index is 1400. The molecule has 38 heavy (non-hydrogen) atoms. The van der Waals surface area contributed by atoms with Gasteiger partial charge in [0.05, 0.1) is 7.11 Å². The van der Waals surface area contributed by atoms with Crippen LogP contribution in [0.4, 0.5) is 23.3 Å². The number of methoxy groups -OCH3 is 1. The van der Waals surface area contributed by atoms with Crippen molar-refractivity contribution in [3.63, 3.8) is 0 Å². The van der Waals surface area contributed by atoms with Crippen molar-refractivity contribution in [3.8, 4) is 11.5 Å². The molecule has 0 unspecified atom stereocenters. The standard InChI is InChI=1S/C27H29N9O2/c1-18-4-3-5-21(31-18)25-29-12-10-23(34-25)33-24-11-13-30-27(35-24)32-20-8-6-19(7-9-20)16-36-15-14-28-22(17-36)26(37)38-2/h3-13,22,28H,14-17H2,1-2H3,(H2,29,30,32,33,34,35)/t22-/m0/s1. The molecule has 1 aliphatic heterocycles. The van der Waals surface area contributed by atoms with E-state index in [0.29, 0.717) is 35.6 Å². The summed E-state index contributed by atoms with van der Waals surface area (Å²) in [5.41, 5.74) is 3.64. The molecule has 1 aliphatic rings. The van der Waals surface area contributed by atoms with Gasteiger partial charge in [-0.1, -0.05) is 18.2 Å². The molecule has 1 saturated heterocycles. The number of pyridine rings is 1. The van der Waals surface area contributed by atoms with Crippen molar-refractivity contribution in [1.29, 1.82) is 0 Å². The monoisotopic (exact) mass is 511 g/mol. The van der Waals surface area contributed by atoms with Crippen molar-refractivity contribution in [3.05, 3.63) is 78.2 Å². The average Bonchev–Trinajstić information content (AvgIpc) is 2.94. The Morgan fingerprint density at radius 2 is 1.79 bits per heavy atom. The summed E-state index contributed by atoms with van der Waals surface area (Å²) in [6.45, 7) is 4.93. The molecule has 0 aliphatic carbocycles. The first-order valence-corrected chi connectivity index (χ1v) is 12.3. The molecule has 0 saturated carbocycles. The van der Waals surface area contributed by atoms with Gasteiger partial charge in [0, 0.05) is 50.0 Å². The largest absolute Gasteiger partial charge is 0.468 e. The van der Waals surface area contributed by atoms with Crippen LogP contribution in [-0.4, -0.2) is 68.6 Å². The van der Waals surface area contributed by atoms with E-state index in [-0.39, 0.29) is 12.0 Å². The lowest BCUT2D eigenvalue weighted by molar-refractivity contribution is -0.144. The average molecular weight is 512 g/mol. The van der Waals surface area contributed by atoms with Gasteiger partial charge in [0.25, 0.3) is 0 Å². The van der Waals surface area contributed by atoms with E-state index in [9.17, 15) is 4.79 Å². The summed E-state index contributed by atoms with van der Waals surface area (Å²) in [7, 11) is 1.42. The van der Waals surface area contributed by atoms with E-state index < -0.39 is 0 Å². The van der Waals surface area contributed by atoms with Crippen LogP contribution in [0.1, 0.15) is 11.3 Å². The first-order valence-electron chi connectivity index (χ1n) is 12.3. The van der Waals surface area contributed by atoms with Crippen LogP contribution < -0.4 is 16.0 Å². The number of hydrogen-bond donors (Lipinski definition) is 3. The fourth-order valence-electron chi connectivity index (χ4n) is 4.17. The summed E-state index contributed by atoms with van der Waals surface area (Å²) >= 11 is 0. The van der Waals surface area contributed by atoms with Crippen molar-refractivity contribution in [1.82, 2.24) is 35.1 Å². The number of aromatic nitrogens is 5. The van der Waals surface area contributed by atoms with E-state index in [1.165, 1.54) is 7.11 Å². The Balaban J connectivity index is 1.20. The highest BCUT2D eigenvalue weighted by molar-refractivity contribution is 5.76. The lowest BCUT2D eigenvalue weighted by Crippen LogP contribution is -2.54. The van der Waals surface area contributed by atoms with Crippen LogP contribution >= 0.6 is 0 Å². The highest BCUT2D eigenvalue weighted by Crippen LogP contribution is 2.20. The molecular formula is C27H29N9O2. The van der Waals surface area contributed by atoms with E-state index in [1.54, 1.807) is 24.5 Å². The molecule has 0 spiro atoms. The maximum Gasteiger partial charge on any atom is 0.324 e. The number of esters is 1. The van der Waals surface area contributed by atoms with Gasteiger partial charge in [-0.2, -0.15) is 4.98 Å². The Kier molecular flexibility index (Phi) is 7.76. The molecule has 3 N–H and O–H groups in total. The first-order chi connectivity index (χ1) is 18.6. The van der Waals surface area contributed by atoms with Crippen molar-refractivity contribution in [2.75, 3.05) is 37.4 Å². The lowest BCUT2D eigenvalue weighted by atomic mass is 10.1. The Hall–Kier alpha value is -4.48. The molecule has 4 aromatic rings. The molecule has 11 heteroatoms. The van der Waals surface area contributed by atoms with E-state index in [0.717, 1.165) is 36.6 Å². The number of carbonyl (C=O) groups excluding carboxylic acids is 1. The maximum atomic E-state index is 11.8. The van der Waals surface area contributed by atoms with Gasteiger partial charge in [-0.25, -0.2) is 19.9 Å². The lowest BCUT2D eigenvalue weighted by Gasteiger charge is -2.32. The van der Waals surface area contributed by atoms with E-state index in [1.807, 2.05) is 37.3 Å². The predicted octanol–water partition coefficient (Wildman–Crippen LogP) is 3.07. The SMILES string of the molecule is COC(=O)[C@@H]1CN(Cc2ccc(Nc3nccc(Nc4ccnc(-c5cccc(C)n5)n4)n3)cc2)CCN1. The Labute approximate surface area is 220 Å². The summed E-state index contributed by atoms with van der Waals surface area (Å²) in [5.74, 6) is 1.97. The number of piperazine rings is 1. The number of rotatable bonds is 8. The summed E-state index contributed by atoms with van der Waals surface area (Å²) in [4.78, 5) is 36.4. The number of ether oxygens (including phenoxy) is 1. The second-order valence-corrected chi connectivity index (χ2v) is 8.91. The summed E-state index contributed by atoms with van der Waals surface area (Å²) in [6, 6.07) is 17.1. The van der Waals surface area contributed by atoms with Crippen LogP contribution in [0, 0.1) is 6.92 Å². The third-order valence-corrected chi connectivity index (χ3v) is 6.05. The van der Waals surface area contributed by atoms with E-state index in [2.05, 4.69) is 57.9 Å². The summed E-state index contributed by atoms with van der Waals surface area (Å²) in [5, 5.41) is 9.65. The van der Waals surface area contributed by atoms with Crippen LogP contribution in [0.3, 0.4) is 0 Å².